The molecular formula is C23H21F3N4O2. The largest absolute Gasteiger partial charge is 0.392 e. The molecule has 1 amide bonds. The van der Waals surface area contributed by atoms with E-state index >= 15 is 4.39 Å². The van der Waals surface area contributed by atoms with Gasteiger partial charge in [0.1, 0.15) is 28.8 Å². The van der Waals surface area contributed by atoms with E-state index in [1.807, 2.05) is 0 Å². The number of nitrogens with zero attached hydrogens (tertiary/aromatic N) is 2. The van der Waals surface area contributed by atoms with Crippen molar-refractivity contribution in [1.82, 2.24) is 9.97 Å². The Kier molecular flexibility index (Phi) is 5.94. The van der Waals surface area contributed by atoms with Crippen molar-refractivity contribution in [3.05, 3.63) is 71.4 Å². The van der Waals surface area contributed by atoms with Crippen LogP contribution in [0.2, 0.25) is 0 Å². The molecule has 1 saturated carbocycles. The van der Waals surface area contributed by atoms with Gasteiger partial charge in [-0.2, -0.15) is 0 Å². The molecule has 2 heterocycles. The highest BCUT2D eigenvalue weighted by Crippen LogP contribution is 2.39. The van der Waals surface area contributed by atoms with E-state index in [1.165, 1.54) is 6.20 Å². The Balaban J connectivity index is 1.87. The summed E-state index contributed by atoms with van der Waals surface area (Å²) in [5, 5.41) is 9.95. The molecule has 1 aromatic carbocycles. The molecule has 5 N–H and O–H groups in total. The minimum atomic E-state index is -1.02. The normalized spacial score (nSPS) is 20.8. The number of aromatic nitrogens is 2. The number of amides is 1. The highest BCUT2D eigenvalue weighted by molar-refractivity contribution is 5.99. The first-order valence-electron chi connectivity index (χ1n) is 10.1. The molecule has 6 nitrogen and oxygen atoms in total. The van der Waals surface area contributed by atoms with E-state index in [0.717, 1.165) is 29.8 Å². The zero-order chi connectivity index (χ0) is 23.0. The van der Waals surface area contributed by atoms with Crippen LogP contribution < -0.4 is 11.5 Å². The first kappa shape index (κ1) is 21.9. The Bertz CT molecular complexity index is 1170. The molecule has 2 aromatic heterocycles. The molecule has 9 heteroatoms. The first-order valence-corrected chi connectivity index (χ1v) is 10.1. The van der Waals surface area contributed by atoms with Crippen LogP contribution >= 0.6 is 0 Å². The van der Waals surface area contributed by atoms with Gasteiger partial charge in [0.15, 0.2) is 0 Å². The monoisotopic (exact) mass is 442 g/mol. The minimum Gasteiger partial charge on any atom is -0.392 e. The van der Waals surface area contributed by atoms with E-state index in [1.54, 1.807) is 12.3 Å². The van der Waals surface area contributed by atoms with Gasteiger partial charge in [0.25, 0.3) is 5.91 Å². The van der Waals surface area contributed by atoms with Crippen LogP contribution in [-0.4, -0.2) is 33.1 Å². The Morgan fingerprint density at radius 3 is 2.44 bits per heavy atom. The van der Waals surface area contributed by atoms with Gasteiger partial charge in [0.05, 0.1) is 11.7 Å². The number of halogens is 3. The van der Waals surface area contributed by atoms with Crippen LogP contribution in [0.3, 0.4) is 0 Å². The number of pyridine rings is 2. The average molecular weight is 442 g/mol. The van der Waals surface area contributed by atoms with Gasteiger partial charge in [0, 0.05) is 29.6 Å². The third-order valence-corrected chi connectivity index (χ3v) is 5.86. The fourth-order valence-corrected chi connectivity index (χ4v) is 4.24. The number of aliphatic hydroxyl groups excluding tert-OH is 1. The van der Waals surface area contributed by atoms with E-state index in [0.29, 0.717) is 24.8 Å². The van der Waals surface area contributed by atoms with Gasteiger partial charge in [-0.25, -0.2) is 18.2 Å². The van der Waals surface area contributed by atoms with Crippen molar-refractivity contribution in [2.45, 2.75) is 37.3 Å². The van der Waals surface area contributed by atoms with Gasteiger partial charge in [0.2, 0.25) is 0 Å². The van der Waals surface area contributed by atoms with Crippen LogP contribution in [0.25, 0.3) is 22.4 Å². The zero-order valence-electron chi connectivity index (χ0n) is 16.9. The van der Waals surface area contributed by atoms with Gasteiger partial charge < -0.3 is 16.6 Å². The van der Waals surface area contributed by atoms with Crippen molar-refractivity contribution in [3.63, 3.8) is 0 Å². The second-order valence-corrected chi connectivity index (χ2v) is 7.88. The summed E-state index contributed by atoms with van der Waals surface area (Å²) < 4.78 is 43.6. The first-order chi connectivity index (χ1) is 15.3. The number of benzene rings is 1. The summed E-state index contributed by atoms with van der Waals surface area (Å²) in [6.07, 6.45) is 4.02. The van der Waals surface area contributed by atoms with E-state index in [9.17, 15) is 18.7 Å². The third kappa shape index (κ3) is 3.96. The number of primary amides is 1. The topological polar surface area (TPSA) is 115 Å². The predicted molar refractivity (Wildman–Crippen MR) is 112 cm³/mol. The molecule has 0 saturated heterocycles. The number of carbonyl (C=O) groups is 1. The number of carbonyl (C=O) groups excluding carboxylic acids is 1. The Labute approximate surface area is 182 Å². The highest BCUT2D eigenvalue weighted by Gasteiger charge is 2.30. The highest BCUT2D eigenvalue weighted by atomic mass is 19.1. The number of nitrogens with two attached hydrogens (primary N) is 2. The van der Waals surface area contributed by atoms with Crippen molar-refractivity contribution in [3.8, 4) is 22.4 Å². The number of aliphatic hydroxyl groups is 1. The third-order valence-electron chi connectivity index (χ3n) is 5.86. The molecule has 3 unspecified atom stereocenters. The number of rotatable bonds is 4. The lowest BCUT2D eigenvalue weighted by Gasteiger charge is -2.32. The zero-order valence-corrected chi connectivity index (χ0v) is 16.9. The lowest BCUT2D eigenvalue weighted by atomic mass is 9.78. The van der Waals surface area contributed by atoms with Crippen molar-refractivity contribution in [2.24, 2.45) is 11.5 Å². The fraction of sp³-hybridized carbons (Fsp3) is 0.261. The Morgan fingerprint density at radius 2 is 1.78 bits per heavy atom. The molecule has 1 aliphatic rings. The summed E-state index contributed by atoms with van der Waals surface area (Å²) in [6, 6.07) is 5.38. The number of hydrogen-bond acceptors (Lipinski definition) is 5. The molecule has 4 rings (SSSR count). The molecule has 3 atom stereocenters. The quantitative estimate of drug-likeness (QED) is 0.574. The maximum Gasteiger partial charge on any atom is 0.267 e. The Hall–Kier alpha value is -3.30. The van der Waals surface area contributed by atoms with Gasteiger partial charge >= 0.3 is 0 Å². The average Bonchev–Trinajstić information content (AvgIpc) is 2.76. The van der Waals surface area contributed by atoms with Crippen LogP contribution in [0, 0.1) is 17.5 Å². The van der Waals surface area contributed by atoms with Gasteiger partial charge in [-0.05, 0) is 55.0 Å². The second-order valence-electron chi connectivity index (χ2n) is 7.88. The molecule has 32 heavy (non-hydrogen) atoms. The molecule has 166 valence electrons. The van der Waals surface area contributed by atoms with Crippen molar-refractivity contribution in [1.29, 1.82) is 0 Å². The lowest BCUT2D eigenvalue weighted by Crippen LogP contribution is -2.39. The Morgan fingerprint density at radius 1 is 1.06 bits per heavy atom. The summed E-state index contributed by atoms with van der Waals surface area (Å²) in [5.41, 5.74) is 11.1. The van der Waals surface area contributed by atoms with E-state index in [2.05, 4.69) is 9.97 Å². The SMILES string of the molecule is NC(=O)c1nc(-c2c(F)cccc2F)c(F)cc1-c1cnccc1C1CCC(O)C(N)C1. The van der Waals surface area contributed by atoms with Crippen LogP contribution in [0.15, 0.2) is 42.7 Å². The van der Waals surface area contributed by atoms with E-state index < -0.39 is 46.8 Å². The fourth-order valence-electron chi connectivity index (χ4n) is 4.24. The standard InChI is InChI=1S/C23H21F3N4O2/c24-15-2-1-3-16(25)20(15)22-17(26)9-13(21(30-22)23(28)32)14-10-29-7-6-12(14)11-4-5-19(31)18(27)8-11/h1-3,6-7,9-11,18-19,31H,4-5,8,27H2,(H2,28,32). The maximum absolute atomic E-state index is 15.1. The lowest BCUT2D eigenvalue weighted by molar-refractivity contribution is 0.0996. The smallest absolute Gasteiger partial charge is 0.267 e. The summed E-state index contributed by atoms with van der Waals surface area (Å²) in [7, 11) is 0. The second kappa shape index (κ2) is 8.68. The minimum absolute atomic E-state index is 0.0679. The molecular weight excluding hydrogens is 421 g/mol. The van der Waals surface area contributed by atoms with E-state index in [-0.39, 0.29) is 17.2 Å². The predicted octanol–water partition coefficient (Wildman–Crippen LogP) is 3.28. The van der Waals surface area contributed by atoms with Crippen LogP contribution in [-0.2, 0) is 0 Å². The van der Waals surface area contributed by atoms with Gasteiger partial charge in [-0.3, -0.25) is 9.78 Å². The molecule has 3 aromatic rings. The molecule has 0 aliphatic heterocycles. The molecule has 0 bridgehead atoms. The summed E-state index contributed by atoms with van der Waals surface area (Å²) >= 11 is 0. The van der Waals surface area contributed by atoms with E-state index in [4.69, 9.17) is 11.5 Å². The maximum atomic E-state index is 15.1. The van der Waals surface area contributed by atoms with Gasteiger partial charge in [-0.1, -0.05) is 6.07 Å². The summed E-state index contributed by atoms with van der Waals surface area (Å²) in [6.45, 7) is 0. The number of hydrogen-bond donors (Lipinski definition) is 3. The van der Waals surface area contributed by atoms with Gasteiger partial charge in [-0.15, -0.1) is 0 Å². The van der Waals surface area contributed by atoms with Crippen LogP contribution in [0.5, 0.6) is 0 Å². The molecule has 0 spiro atoms. The summed E-state index contributed by atoms with van der Waals surface area (Å²) in [4.78, 5) is 20.2. The molecule has 1 fully saturated rings. The van der Waals surface area contributed by atoms with Crippen molar-refractivity contribution in [2.75, 3.05) is 0 Å². The molecule has 0 radical (unpaired) electrons. The van der Waals surface area contributed by atoms with Crippen molar-refractivity contribution >= 4 is 5.91 Å². The van der Waals surface area contributed by atoms with Crippen LogP contribution in [0.1, 0.15) is 41.2 Å². The molecule has 1 aliphatic carbocycles. The van der Waals surface area contributed by atoms with Crippen molar-refractivity contribution < 1.29 is 23.1 Å². The van der Waals surface area contributed by atoms with Crippen LogP contribution in [0.4, 0.5) is 13.2 Å². The summed E-state index contributed by atoms with van der Waals surface area (Å²) in [5.74, 6) is -4.10.